The Morgan fingerprint density at radius 3 is 2.61 bits per heavy atom. The Morgan fingerprint density at radius 2 is 2.00 bits per heavy atom. The highest BCUT2D eigenvalue weighted by atomic mass is 35.5. The number of hydrogen-bond acceptors (Lipinski definition) is 3. The third kappa shape index (κ3) is 4.83. The van der Waals surface area contributed by atoms with Crippen LogP contribution in [0.4, 0.5) is 5.69 Å². The van der Waals surface area contributed by atoms with Gasteiger partial charge in [0.25, 0.3) is 0 Å². The lowest BCUT2D eigenvalue weighted by Crippen LogP contribution is -2.30. The van der Waals surface area contributed by atoms with E-state index in [9.17, 15) is 9.59 Å². The molecule has 23 heavy (non-hydrogen) atoms. The molecule has 0 spiro atoms. The van der Waals surface area contributed by atoms with Gasteiger partial charge in [0.15, 0.2) is 0 Å². The molecule has 1 fully saturated rings. The molecule has 0 aromatic heterocycles. The molecule has 2 rings (SSSR count). The second-order valence-corrected chi connectivity index (χ2v) is 6.80. The van der Waals surface area contributed by atoms with Gasteiger partial charge in [-0.05, 0) is 39.2 Å². The molecule has 1 aromatic rings. The first-order valence-corrected chi connectivity index (χ1v) is 8.31. The van der Waals surface area contributed by atoms with Gasteiger partial charge in [-0.15, -0.1) is 0 Å². The van der Waals surface area contributed by atoms with Crippen LogP contribution in [0.1, 0.15) is 12.8 Å². The van der Waals surface area contributed by atoms with E-state index < -0.39 is 0 Å². The van der Waals surface area contributed by atoms with Crippen LogP contribution >= 0.6 is 23.2 Å². The first kappa shape index (κ1) is 18.0. The SMILES string of the molecule is CN(C)CCCN1CC(C(=O)Nc2c(Cl)cccc2Cl)CC1=O. The van der Waals surface area contributed by atoms with E-state index in [1.165, 1.54) is 0 Å². The average molecular weight is 358 g/mol. The summed E-state index contributed by atoms with van der Waals surface area (Å²) in [6, 6.07) is 5.04. The van der Waals surface area contributed by atoms with Crippen molar-refractivity contribution < 1.29 is 9.59 Å². The zero-order valence-corrected chi connectivity index (χ0v) is 14.8. The van der Waals surface area contributed by atoms with Gasteiger partial charge in [-0.3, -0.25) is 9.59 Å². The lowest BCUT2D eigenvalue weighted by molar-refractivity contribution is -0.128. The van der Waals surface area contributed by atoms with Crippen molar-refractivity contribution >= 4 is 40.7 Å². The fourth-order valence-electron chi connectivity index (χ4n) is 2.58. The van der Waals surface area contributed by atoms with E-state index in [1.807, 2.05) is 14.1 Å². The van der Waals surface area contributed by atoms with Gasteiger partial charge in [0, 0.05) is 19.5 Å². The molecule has 1 aromatic carbocycles. The molecule has 0 saturated carbocycles. The second kappa shape index (κ2) is 7.99. The van der Waals surface area contributed by atoms with Crippen molar-refractivity contribution in [3.63, 3.8) is 0 Å². The molecule has 126 valence electrons. The summed E-state index contributed by atoms with van der Waals surface area (Å²) < 4.78 is 0. The Morgan fingerprint density at radius 1 is 1.35 bits per heavy atom. The number of para-hydroxylation sites is 1. The van der Waals surface area contributed by atoms with Crippen LogP contribution in [-0.4, -0.2) is 55.3 Å². The molecule has 1 aliphatic heterocycles. The van der Waals surface area contributed by atoms with Crippen LogP contribution in [0.25, 0.3) is 0 Å². The summed E-state index contributed by atoms with van der Waals surface area (Å²) in [5, 5.41) is 3.52. The van der Waals surface area contributed by atoms with Crippen LogP contribution in [0.2, 0.25) is 10.0 Å². The van der Waals surface area contributed by atoms with E-state index in [4.69, 9.17) is 23.2 Å². The minimum Gasteiger partial charge on any atom is -0.342 e. The van der Waals surface area contributed by atoms with Gasteiger partial charge in [-0.1, -0.05) is 29.3 Å². The number of hydrogen-bond donors (Lipinski definition) is 1. The van der Waals surface area contributed by atoms with Gasteiger partial charge < -0.3 is 15.1 Å². The monoisotopic (exact) mass is 357 g/mol. The maximum atomic E-state index is 12.4. The molecule has 1 unspecified atom stereocenters. The van der Waals surface area contributed by atoms with E-state index >= 15 is 0 Å². The summed E-state index contributed by atoms with van der Waals surface area (Å²) >= 11 is 12.1. The van der Waals surface area contributed by atoms with Crippen LogP contribution in [0.3, 0.4) is 0 Å². The summed E-state index contributed by atoms with van der Waals surface area (Å²) in [7, 11) is 3.99. The molecular formula is C16H21Cl2N3O2. The number of amides is 2. The Labute approximate surface area is 146 Å². The largest absolute Gasteiger partial charge is 0.342 e. The summed E-state index contributed by atoms with van der Waals surface area (Å²) in [4.78, 5) is 28.2. The predicted octanol–water partition coefficient (Wildman–Crippen LogP) is 2.73. The maximum absolute atomic E-state index is 12.4. The first-order valence-electron chi connectivity index (χ1n) is 7.56. The molecule has 0 aliphatic carbocycles. The molecule has 2 amide bonds. The number of rotatable bonds is 6. The molecule has 0 bridgehead atoms. The predicted molar refractivity (Wildman–Crippen MR) is 92.9 cm³/mol. The van der Waals surface area contributed by atoms with Crippen LogP contribution in [0.5, 0.6) is 0 Å². The highest BCUT2D eigenvalue weighted by molar-refractivity contribution is 6.39. The number of anilines is 1. The molecule has 1 N–H and O–H groups in total. The molecule has 7 heteroatoms. The van der Waals surface area contributed by atoms with Crippen molar-refractivity contribution in [1.82, 2.24) is 9.80 Å². The van der Waals surface area contributed by atoms with E-state index in [0.717, 1.165) is 13.0 Å². The van der Waals surface area contributed by atoms with Gasteiger partial charge in [-0.25, -0.2) is 0 Å². The summed E-state index contributed by atoms with van der Waals surface area (Å²) in [6.45, 7) is 2.03. The van der Waals surface area contributed by atoms with Crippen LogP contribution in [-0.2, 0) is 9.59 Å². The molecule has 0 radical (unpaired) electrons. The van der Waals surface area contributed by atoms with E-state index in [2.05, 4.69) is 10.2 Å². The van der Waals surface area contributed by atoms with Crippen LogP contribution < -0.4 is 5.32 Å². The van der Waals surface area contributed by atoms with Crippen LogP contribution in [0.15, 0.2) is 18.2 Å². The van der Waals surface area contributed by atoms with Crippen LogP contribution in [0, 0.1) is 5.92 Å². The smallest absolute Gasteiger partial charge is 0.229 e. The van der Waals surface area contributed by atoms with Gasteiger partial charge in [0.1, 0.15) is 0 Å². The second-order valence-electron chi connectivity index (χ2n) is 5.98. The Bertz CT molecular complexity index is 572. The molecule has 1 saturated heterocycles. The summed E-state index contributed by atoms with van der Waals surface area (Å²) in [5.74, 6) is -0.563. The zero-order valence-electron chi connectivity index (χ0n) is 13.3. The summed E-state index contributed by atoms with van der Waals surface area (Å²) in [6.07, 6.45) is 1.12. The van der Waals surface area contributed by atoms with Gasteiger partial charge >= 0.3 is 0 Å². The molecular weight excluding hydrogens is 337 g/mol. The number of carbonyl (C=O) groups excluding carboxylic acids is 2. The number of benzene rings is 1. The van der Waals surface area contributed by atoms with Gasteiger partial charge in [0.2, 0.25) is 11.8 Å². The Balaban J connectivity index is 1.92. The number of halogens is 2. The molecule has 1 atom stereocenters. The van der Waals surface area contributed by atoms with Crippen molar-refractivity contribution in [3.05, 3.63) is 28.2 Å². The van der Waals surface area contributed by atoms with E-state index in [1.54, 1.807) is 23.1 Å². The van der Waals surface area contributed by atoms with Crippen molar-refractivity contribution in [2.75, 3.05) is 39.0 Å². The van der Waals surface area contributed by atoms with Crippen molar-refractivity contribution in [1.29, 1.82) is 0 Å². The highest BCUT2D eigenvalue weighted by Gasteiger charge is 2.34. The number of carbonyl (C=O) groups is 2. The Hall–Kier alpha value is -1.30. The van der Waals surface area contributed by atoms with Gasteiger partial charge in [0.05, 0.1) is 21.7 Å². The fraction of sp³-hybridized carbons (Fsp3) is 0.500. The minimum absolute atomic E-state index is 0.0224. The zero-order chi connectivity index (χ0) is 17.0. The topological polar surface area (TPSA) is 52.6 Å². The van der Waals surface area contributed by atoms with E-state index in [0.29, 0.717) is 28.8 Å². The number of nitrogens with zero attached hydrogens (tertiary/aromatic N) is 2. The minimum atomic E-state index is -0.366. The third-order valence-corrected chi connectivity index (χ3v) is 4.46. The van der Waals surface area contributed by atoms with Gasteiger partial charge in [-0.2, -0.15) is 0 Å². The normalized spacial score (nSPS) is 17.9. The van der Waals surface area contributed by atoms with Crippen molar-refractivity contribution in [3.8, 4) is 0 Å². The lowest BCUT2D eigenvalue weighted by Gasteiger charge is -2.18. The highest BCUT2D eigenvalue weighted by Crippen LogP contribution is 2.31. The standard InChI is InChI=1S/C16H21Cl2N3O2/c1-20(2)7-4-8-21-10-11(9-14(21)22)16(23)19-15-12(17)5-3-6-13(15)18/h3,5-6,11H,4,7-10H2,1-2H3,(H,19,23). The fourth-order valence-corrected chi connectivity index (χ4v) is 3.08. The summed E-state index contributed by atoms with van der Waals surface area (Å²) in [5.41, 5.74) is 0.402. The average Bonchev–Trinajstić information content (AvgIpc) is 2.84. The Kier molecular flexibility index (Phi) is 6.27. The van der Waals surface area contributed by atoms with Crippen molar-refractivity contribution in [2.24, 2.45) is 5.92 Å². The number of likely N-dealkylation sites (tertiary alicyclic amines) is 1. The maximum Gasteiger partial charge on any atom is 0.229 e. The molecule has 1 aliphatic rings. The third-order valence-electron chi connectivity index (χ3n) is 3.83. The number of nitrogens with one attached hydrogen (secondary N) is 1. The van der Waals surface area contributed by atoms with Crippen molar-refractivity contribution in [2.45, 2.75) is 12.8 Å². The first-order chi connectivity index (χ1) is 10.9. The molecule has 5 nitrogen and oxygen atoms in total. The van der Waals surface area contributed by atoms with E-state index in [-0.39, 0.29) is 24.2 Å². The lowest BCUT2D eigenvalue weighted by atomic mass is 10.1. The quantitative estimate of drug-likeness (QED) is 0.851. The molecule has 1 heterocycles.